The summed E-state index contributed by atoms with van der Waals surface area (Å²) in [6.45, 7) is 8.43. The summed E-state index contributed by atoms with van der Waals surface area (Å²) in [5, 5.41) is 1.23. The van der Waals surface area contributed by atoms with E-state index in [-0.39, 0.29) is 5.41 Å². The van der Waals surface area contributed by atoms with Crippen molar-refractivity contribution in [3.63, 3.8) is 0 Å². The maximum absolute atomic E-state index is 6.17. The summed E-state index contributed by atoms with van der Waals surface area (Å²) in [5.41, 5.74) is 1.52. The summed E-state index contributed by atoms with van der Waals surface area (Å²) in [4.78, 5) is 4.19. The average Bonchev–Trinajstić information content (AvgIpc) is 3.13. The molecule has 2 aromatic rings. The molecule has 1 atom stereocenters. The van der Waals surface area contributed by atoms with E-state index in [1.807, 2.05) is 18.7 Å². The van der Waals surface area contributed by atoms with Crippen molar-refractivity contribution in [1.29, 1.82) is 0 Å². The standard InChI is InChI=1S/C22H32N2OS/c1-22(2,3)18-9-11-19(12-10-18)25-16-21(15-24-14-13-23-17-24)26-20-7-5-4-6-8-20/h9-14,17,20-21H,4-8,15-16H2,1-3H3. The lowest BCUT2D eigenvalue weighted by atomic mass is 9.87. The number of hydrogen-bond acceptors (Lipinski definition) is 3. The van der Waals surface area contributed by atoms with Gasteiger partial charge in [-0.05, 0) is 36.0 Å². The van der Waals surface area contributed by atoms with E-state index in [1.165, 1.54) is 37.7 Å². The number of rotatable bonds is 7. The van der Waals surface area contributed by atoms with E-state index < -0.39 is 0 Å². The molecule has 142 valence electrons. The maximum Gasteiger partial charge on any atom is 0.119 e. The van der Waals surface area contributed by atoms with Gasteiger partial charge in [0.15, 0.2) is 0 Å². The predicted molar refractivity (Wildman–Crippen MR) is 111 cm³/mol. The second kappa shape index (κ2) is 8.98. The van der Waals surface area contributed by atoms with Crippen molar-refractivity contribution < 1.29 is 4.74 Å². The molecule has 0 bridgehead atoms. The molecule has 3 nitrogen and oxygen atoms in total. The first-order valence-corrected chi connectivity index (χ1v) is 10.8. The van der Waals surface area contributed by atoms with Crippen molar-refractivity contribution in [2.45, 2.75) is 75.3 Å². The molecular formula is C22H32N2OS. The molecule has 26 heavy (non-hydrogen) atoms. The summed E-state index contributed by atoms with van der Waals surface area (Å²) < 4.78 is 8.34. The molecule has 1 aromatic carbocycles. The van der Waals surface area contributed by atoms with E-state index in [0.29, 0.717) is 5.25 Å². The van der Waals surface area contributed by atoms with Crippen LogP contribution in [0.15, 0.2) is 43.0 Å². The molecule has 0 aliphatic heterocycles. The van der Waals surface area contributed by atoms with Gasteiger partial charge in [-0.2, -0.15) is 0 Å². The summed E-state index contributed by atoms with van der Waals surface area (Å²) in [7, 11) is 0. The number of hydrogen-bond donors (Lipinski definition) is 0. The summed E-state index contributed by atoms with van der Waals surface area (Å²) in [6.07, 6.45) is 12.7. The van der Waals surface area contributed by atoms with Gasteiger partial charge in [0.05, 0.1) is 11.6 Å². The van der Waals surface area contributed by atoms with Crippen LogP contribution in [0.5, 0.6) is 5.75 Å². The van der Waals surface area contributed by atoms with Gasteiger partial charge in [-0.15, -0.1) is 11.8 Å². The van der Waals surface area contributed by atoms with Gasteiger partial charge in [-0.1, -0.05) is 52.2 Å². The number of aromatic nitrogens is 2. The van der Waals surface area contributed by atoms with Gasteiger partial charge < -0.3 is 9.30 Å². The quantitative estimate of drug-likeness (QED) is 0.624. The van der Waals surface area contributed by atoms with E-state index in [4.69, 9.17) is 4.74 Å². The molecule has 0 saturated heterocycles. The Kier molecular flexibility index (Phi) is 6.68. The molecule has 1 aliphatic rings. The number of imidazole rings is 1. The Bertz CT molecular complexity index is 640. The van der Waals surface area contributed by atoms with Gasteiger partial charge in [0.2, 0.25) is 0 Å². The third-order valence-electron chi connectivity index (χ3n) is 5.07. The van der Waals surface area contributed by atoms with Gasteiger partial charge >= 0.3 is 0 Å². The minimum absolute atomic E-state index is 0.180. The lowest BCUT2D eigenvalue weighted by Gasteiger charge is -2.26. The fraction of sp³-hybridized carbons (Fsp3) is 0.591. The number of nitrogens with zero attached hydrogens (tertiary/aromatic N) is 2. The first kappa shape index (κ1) is 19.3. The van der Waals surface area contributed by atoms with Gasteiger partial charge in [0, 0.05) is 24.2 Å². The predicted octanol–water partition coefficient (Wildman–Crippen LogP) is 5.69. The van der Waals surface area contributed by atoms with Crippen molar-refractivity contribution in [1.82, 2.24) is 9.55 Å². The highest BCUT2D eigenvalue weighted by atomic mass is 32.2. The van der Waals surface area contributed by atoms with Crippen LogP contribution in [0.1, 0.15) is 58.4 Å². The Balaban J connectivity index is 1.59. The Hall–Kier alpha value is -1.42. The number of benzene rings is 1. The zero-order valence-electron chi connectivity index (χ0n) is 16.4. The minimum atomic E-state index is 0.180. The fourth-order valence-electron chi connectivity index (χ4n) is 3.48. The van der Waals surface area contributed by atoms with Crippen LogP contribution in [0.2, 0.25) is 0 Å². The third kappa shape index (κ3) is 5.80. The zero-order valence-corrected chi connectivity index (χ0v) is 17.2. The molecule has 3 rings (SSSR count). The van der Waals surface area contributed by atoms with E-state index in [1.54, 1.807) is 0 Å². The van der Waals surface area contributed by atoms with Crippen LogP contribution in [0.3, 0.4) is 0 Å². The number of ether oxygens (including phenoxy) is 1. The Labute approximate surface area is 162 Å². The molecule has 0 spiro atoms. The van der Waals surface area contributed by atoms with Crippen LogP contribution in [0.4, 0.5) is 0 Å². The topological polar surface area (TPSA) is 27.1 Å². The van der Waals surface area contributed by atoms with Crippen LogP contribution in [0.25, 0.3) is 0 Å². The van der Waals surface area contributed by atoms with Crippen molar-refractivity contribution in [3.05, 3.63) is 48.5 Å². The Morgan fingerprint density at radius 1 is 1.15 bits per heavy atom. The molecular weight excluding hydrogens is 340 g/mol. The second-order valence-electron chi connectivity index (χ2n) is 8.36. The van der Waals surface area contributed by atoms with Crippen molar-refractivity contribution in [2.24, 2.45) is 0 Å². The molecule has 0 amide bonds. The van der Waals surface area contributed by atoms with Gasteiger partial charge in [-0.3, -0.25) is 0 Å². The fourth-order valence-corrected chi connectivity index (χ4v) is 5.03. The maximum atomic E-state index is 6.17. The van der Waals surface area contributed by atoms with Gasteiger partial charge in [0.25, 0.3) is 0 Å². The molecule has 1 saturated carbocycles. The molecule has 1 aromatic heterocycles. The van der Waals surface area contributed by atoms with Crippen LogP contribution in [-0.4, -0.2) is 26.7 Å². The van der Waals surface area contributed by atoms with Crippen LogP contribution in [-0.2, 0) is 12.0 Å². The molecule has 4 heteroatoms. The van der Waals surface area contributed by atoms with Crippen molar-refractivity contribution in [2.75, 3.05) is 6.61 Å². The minimum Gasteiger partial charge on any atom is -0.492 e. The largest absolute Gasteiger partial charge is 0.492 e. The van der Waals surface area contributed by atoms with Crippen LogP contribution < -0.4 is 4.74 Å². The molecule has 1 aliphatic carbocycles. The van der Waals surface area contributed by atoms with E-state index in [2.05, 4.69) is 66.3 Å². The normalized spacial score (nSPS) is 17.2. The molecule has 1 unspecified atom stereocenters. The third-order valence-corrected chi connectivity index (χ3v) is 6.59. The average molecular weight is 373 g/mol. The SMILES string of the molecule is CC(C)(C)c1ccc(OCC(Cn2ccnc2)SC2CCCCC2)cc1. The highest BCUT2D eigenvalue weighted by molar-refractivity contribution is 8.00. The van der Waals surface area contributed by atoms with Gasteiger partial charge in [0.1, 0.15) is 12.4 Å². The highest BCUT2D eigenvalue weighted by Crippen LogP contribution is 2.32. The van der Waals surface area contributed by atoms with Crippen molar-refractivity contribution >= 4 is 11.8 Å². The van der Waals surface area contributed by atoms with Gasteiger partial charge in [-0.25, -0.2) is 4.98 Å². The van der Waals surface area contributed by atoms with Crippen LogP contribution >= 0.6 is 11.8 Å². The first-order chi connectivity index (χ1) is 12.5. The Morgan fingerprint density at radius 2 is 1.88 bits per heavy atom. The molecule has 0 radical (unpaired) electrons. The van der Waals surface area contributed by atoms with Crippen LogP contribution in [0, 0.1) is 0 Å². The smallest absolute Gasteiger partial charge is 0.119 e. The molecule has 1 heterocycles. The van der Waals surface area contributed by atoms with Crippen molar-refractivity contribution in [3.8, 4) is 5.75 Å². The summed E-state index contributed by atoms with van der Waals surface area (Å²) in [6, 6.07) is 8.60. The first-order valence-electron chi connectivity index (χ1n) is 9.85. The van der Waals surface area contributed by atoms with E-state index in [0.717, 1.165) is 24.2 Å². The number of thioether (sulfide) groups is 1. The lowest BCUT2D eigenvalue weighted by Crippen LogP contribution is -2.24. The van der Waals surface area contributed by atoms with E-state index >= 15 is 0 Å². The Morgan fingerprint density at radius 3 is 2.50 bits per heavy atom. The highest BCUT2D eigenvalue weighted by Gasteiger charge is 2.21. The van der Waals surface area contributed by atoms with E-state index in [9.17, 15) is 0 Å². The lowest BCUT2D eigenvalue weighted by molar-refractivity contribution is 0.307. The second-order valence-corrected chi connectivity index (χ2v) is 9.97. The zero-order chi connectivity index (χ0) is 18.4. The summed E-state index contributed by atoms with van der Waals surface area (Å²) >= 11 is 2.12. The monoisotopic (exact) mass is 372 g/mol. The summed E-state index contributed by atoms with van der Waals surface area (Å²) in [5.74, 6) is 0.970. The molecule has 1 fully saturated rings. The molecule has 0 N–H and O–H groups in total.